The number of carbonyl (C=O) groups excluding carboxylic acids is 1. The molecule has 15 heavy (non-hydrogen) atoms. The molecule has 0 aromatic carbocycles. The number of nitrogens with two attached hydrogens (primary N) is 1. The zero-order chi connectivity index (χ0) is 11.6. The van der Waals surface area contributed by atoms with Gasteiger partial charge < -0.3 is 15.4 Å². The van der Waals surface area contributed by atoms with Gasteiger partial charge in [0.15, 0.2) is 0 Å². The van der Waals surface area contributed by atoms with E-state index in [0.717, 1.165) is 0 Å². The van der Waals surface area contributed by atoms with Gasteiger partial charge in [0, 0.05) is 12.6 Å². The maximum atomic E-state index is 12.1. The second-order valence-electron chi connectivity index (χ2n) is 4.63. The summed E-state index contributed by atoms with van der Waals surface area (Å²) in [6.45, 7) is 9.06. The van der Waals surface area contributed by atoms with Crippen LogP contribution in [0.1, 0.15) is 27.7 Å². The molecule has 4 unspecified atom stereocenters. The molecule has 1 rings (SSSR count). The number of hydrogen-bond donors (Lipinski definition) is 1. The predicted octanol–water partition coefficient (Wildman–Crippen LogP) is 0.606. The lowest BCUT2D eigenvalue weighted by atomic mass is 10.0. The number of carbonyl (C=O) groups is 1. The summed E-state index contributed by atoms with van der Waals surface area (Å²) in [5, 5.41) is 0. The van der Waals surface area contributed by atoms with Crippen LogP contribution < -0.4 is 5.73 Å². The van der Waals surface area contributed by atoms with Gasteiger partial charge in [-0.1, -0.05) is 6.92 Å². The van der Waals surface area contributed by atoms with Crippen molar-refractivity contribution < 1.29 is 9.53 Å². The van der Waals surface area contributed by atoms with Crippen LogP contribution in [0.2, 0.25) is 0 Å². The molecular formula is C11H22N2O2. The highest BCUT2D eigenvalue weighted by molar-refractivity contribution is 5.79. The van der Waals surface area contributed by atoms with E-state index in [9.17, 15) is 4.79 Å². The van der Waals surface area contributed by atoms with Crippen molar-refractivity contribution >= 4 is 5.91 Å². The Morgan fingerprint density at radius 1 is 1.47 bits per heavy atom. The molecule has 4 atom stereocenters. The minimum atomic E-state index is -0.113. The van der Waals surface area contributed by atoms with Gasteiger partial charge in [-0.3, -0.25) is 4.79 Å². The van der Waals surface area contributed by atoms with Crippen LogP contribution in [0.3, 0.4) is 0 Å². The average Bonchev–Trinajstić information content (AvgIpc) is 2.19. The molecule has 1 amide bonds. The first kappa shape index (κ1) is 12.5. The topological polar surface area (TPSA) is 55.6 Å². The van der Waals surface area contributed by atoms with Crippen LogP contribution in [0.25, 0.3) is 0 Å². The van der Waals surface area contributed by atoms with Crippen molar-refractivity contribution in [3.8, 4) is 0 Å². The van der Waals surface area contributed by atoms with Crippen molar-refractivity contribution in [2.45, 2.75) is 45.9 Å². The summed E-state index contributed by atoms with van der Waals surface area (Å²) in [5.74, 6) is 0.0328. The van der Waals surface area contributed by atoms with Crippen LogP contribution in [0.4, 0.5) is 0 Å². The fourth-order valence-electron chi connectivity index (χ4n) is 1.70. The molecule has 0 saturated carbocycles. The first-order valence-corrected chi connectivity index (χ1v) is 5.61. The number of hydrogen-bond acceptors (Lipinski definition) is 3. The van der Waals surface area contributed by atoms with E-state index in [2.05, 4.69) is 0 Å². The standard InChI is InChI=1S/C11H22N2O2/c1-7-6-15-8(2)5-13(7)11(14)9(3)10(4)12/h7-10H,5-6,12H2,1-4H3. The maximum Gasteiger partial charge on any atom is 0.227 e. The SMILES string of the molecule is CC1CN(C(=O)C(C)C(C)N)C(C)CO1. The molecule has 4 heteroatoms. The van der Waals surface area contributed by atoms with E-state index in [1.54, 1.807) is 0 Å². The number of rotatable bonds is 2. The first-order valence-electron chi connectivity index (χ1n) is 5.61. The summed E-state index contributed by atoms with van der Waals surface area (Å²) >= 11 is 0. The van der Waals surface area contributed by atoms with E-state index >= 15 is 0 Å². The normalized spacial score (nSPS) is 31.1. The highest BCUT2D eigenvalue weighted by Crippen LogP contribution is 2.15. The zero-order valence-electron chi connectivity index (χ0n) is 10.1. The Hall–Kier alpha value is -0.610. The van der Waals surface area contributed by atoms with Gasteiger partial charge in [0.25, 0.3) is 0 Å². The number of amides is 1. The van der Waals surface area contributed by atoms with Crippen molar-refractivity contribution in [3.05, 3.63) is 0 Å². The van der Waals surface area contributed by atoms with E-state index in [1.165, 1.54) is 0 Å². The maximum absolute atomic E-state index is 12.1. The average molecular weight is 214 g/mol. The van der Waals surface area contributed by atoms with Crippen LogP contribution >= 0.6 is 0 Å². The largest absolute Gasteiger partial charge is 0.375 e. The lowest BCUT2D eigenvalue weighted by Crippen LogP contribution is -2.53. The molecule has 0 bridgehead atoms. The van der Waals surface area contributed by atoms with Gasteiger partial charge in [0.1, 0.15) is 0 Å². The van der Waals surface area contributed by atoms with Gasteiger partial charge in [-0.05, 0) is 20.8 Å². The molecule has 2 N–H and O–H groups in total. The van der Waals surface area contributed by atoms with Gasteiger partial charge in [-0.2, -0.15) is 0 Å². The summed E-state index contributed by atoms with van der Waals surface area (Å²) in [6.07, 6.45) is 0.130. The van der Waals surface area contributed by atoms with Crippen LogP contribution in [0.5, 0.6) is 0 Å². The van der Waals surface area contributed by atoms with E-state index in [0.29, 0.717) is 13.2 Å². The quantitative estimate of drug-likeness (QED) is 0.732. The summed E-state index contributed by atoms with van der Waals surface area (Å²) in [7, 11) is 0. The van der Waals surface area contributed by atoms with Crippen LogP contribution in [-0.2, 0) is 9.53 Å². The summed E-state index contributed by atoms with van der Waals surface area (Å²) in [6, 6.07) is 0.0674. The van der Waals surface area contributed by atoms with Crippen LogP contribution in [0.15, 0.2) is 0 Å². The van der Waals surface area contributed by atoms with Gasteiger partial charge >= 0.3 is 0 Å². The molecule has 0 radical (unpaired) electrons. The molecule has 1 aliphatic rings. The fourth-order valence-corrected chi connectivity index (χ4v) is 1.70. The van der Waals surface area contributed by atoms with Crippen molar-refractivity contribution in [2.75, 3.05) is 13.2 Å². The first-order chi connectivity index (χ1) is 6.93. The molecule has 0 aromatic heterocycles. The molecule has 1 heterocycles. The minimum Gasteiger partial charge on any atom is -0.375 e. The Morgan fingerprint density at radius 3 is 2.60 bits per heavy atom. The molecule has 1 saturated heterocycles. The summed E-state index contributed by atoms with van der Waals surface area (Å²) < 4.78 is 5.49. The van der Waals surface area contributed by atoms with Crippen LogP contribution in [0, 0.1) is 5.92 Å². The predicted molar refractivity (Wildman–Crippen MR) is 59.4 cm³/mol. The number of morpholine rings is 1. The summed E-state index contributed by atoms with van der Waals surface area (Å²) in [5.41, 5.74) is 5.74. The van der Waals surface area contributed by atoms with E-state index < -0.39 is 0 Å². The molecule has 4 nitrogen and oxygen atoms in total. The number of ether oxygens (including phenoxy) is 1. The van der Waals surface area contributed by atoms with E-state index in [4.69, 9.17) is 10.5 Å². The Bertz CT molecular complexity index is 231. The van der Waals surface area contributed by atoms with E-state index in [1.807, 2.05) is 32.6 Å². The van der Waals surface area contributed by atoms with Gasteiger partial charge in [-0.25, -0.2) is 0 Å². The second-order valence-corrected chi connectivity index (χ2v) is 4.63. The molecule has 88 valence electrons. The summed E-state index contributed by atoms with van der Waals surface area (Å²) in [4.78, 5) is 14.0. The highest BCUT2D eigenvalue weighted by atomic mass is 16.5. The molecular weight excluding hydrogens is 192 g/mol. The Balaban J connectivity index is 2.64. The lowest BCUT2D eigenvalue weighted by Gasteiger charge is -2.38. The van der Waals surface area contributed by atoms with E-state index in [-0.39, 0.29) is 30.0 Å². The lowest BCUT2D eigenvalue weighted by molar-refractivity contribution is -0.147. The second kappa shape index (κ2) is 4.94. The third-order valence-corrected chi connectivity index (χ3v) is 3.07. The van der Waals surface area contributed by atoms with Gasteiger partial charge in [0.05, 0.1) is 24.7 Å². The van der Waals surface area contributed by atoms with Crippen molar-refractivity contribution in [1.29, 1.82) is 0 Å². The zero-order valence-corrected chi connectivity index (χ0v) is 10.1. The molecule has 0 aromatic rings. The highest BCUT2D eigenvalue weighted by Gasteiger charge is 2.31. The van der Waals surface area contributed by atoms with Crippen molar-refractivity contribution in [1.82, 2.24) is 4.90 Å². The number of nitrogens with zero attached hydrogens (tertiary/aromatic N) is 1. The van der Waals surface area contributed by atoms with Crippen LogP contribution in [-0.4, -0.2) is 42.1 Å². The van der Waals surface area contributed by atoms with Crippen molar-refractivity contribution in [2.24, 2.45) is 11.7 Å². The third-order valence-electron chi connectivity index (χ3n) is 3.07. The molecule has 1 fully saturated rings. The van der Waals surface area contributed by atoms with Gasteiger partial charge in [-0.15, -0.1) is 0 Å². The van der Waals surface area contributed by atoms with Gasteiger partial charge in [0.2, 0.25) is 5.91 Å². The Kier molecular flexibility index (Phi) is 4.11. The fraction of sp³-hybridized carbons (Fsp3) is 0.909. The van der Waals surface area contributed by atoms with Crippen molar-refractivity contribution in [3.63, 3.8) is 0 Å². The smallest absolute Gasteiger partial charge is 0.227 e. The third kappa shape index (κ3) is 2.92. The molecule has 0 spiro atoms. The Labute approximate surface area is 91.8 Å². The molecule has 0 aliphatic carbocycles. The Morgan fingerprint density at radius 2 is 2.07 bits per heavy atom. The minimum absolute atomic E-state index is 0.0946. The molecule has 1 aliphatic heterocycles. The monoisotopic (exact) mass is 214 g/mol.